The van der Waals surface area contributed by atoms with E-state index in [2.05, 4.69) is 42.2 Å². The Labute approximate surface area is 114 Å². The lowest BCUT2D eigenvalue weighted by Gasteiger charge is -2.26. The molecule has 3 heteroatoms. The van der Waals surface area contributed by atoms with Gasteiger partial charge in [0.15, 0.2) is 0 Å². The van der Waals surface area contributed by atoms with E-state index in [1.807, 2.05) is 6.07 Å². The molecule has 0 radical (unpaired) electrons. The first-order valence-electron chi connectivity index (χ1n) is 7.13. The van der Waals surface area contributed by atoms with Gasteiger partial charge in [0.2, 0.25) is 0 Å². The van der Waals surface area contributed by atoms with Crippen molar-refractivity contribution in [3.05, 3.63) is 42.1 Å². The van der Waals surface area contributed by atoms with Crippen LogP contribution in [0.15, 0.2) is 36.4 Å². The Morgan fingerprint density at radius 2 is 2.11 bits per heavy atom. The maximum absolute atomic E-state index is 5.94. The molecule has 19 heavy (non-hydrogen) atoms. The molecule has 1 aliphatic rings. The standard InChI is InChI=1S/C16H21N3/c1-2-19-10-9-13(11-17)16(19)15-8-7-12-5-3-4-6-14(12)18-15/h3-8,13,16H,2,9-11,17H2,1H3. The summed E-state index contributed by atoms with van der Waals surface area (Å²) in [4.78, 5) is 7.35. The van der Waals surface area contributed by atoms with Crippen molar-refractivity contribution < 1.29 is 0 Å². The molecule has 0 amide bonds. The average Bonchev–Trinajstić information content (AvgIpc) is 2.89. The molecular weight excluding hydrogens is 234 g/mol. The Morgan fingerprint density at radius 3 is 2.89 bits per heavy atom. The minimum atomic E-state index is 0.389. The highest BCUT2D eigenvalue weighted by Crippen LogP contribution is 2.35. The second-order valence-electron chi connectivity index (χ2n) is 5.29. The topological polar surface area (TPSA) is 42.1 Å². The second-order valence-corrected chi connectivity index (χ2v) is 5.29. The predicted octanol–water partition coefficient (Wildman–Crippen LogP) is 2.58. The molecule has 2 N–H and O–H groups in total. The summed E-state index contributed by atoms with van der Waals surface area (Å²) >= 11 is 0. The van der Waals surface area contributed by atoms with E-state index in [1.165, 1.54) is 17.5 Å². The first kappa shape index (κ1) is 12.6. The fourth-order valence-electron chi connectivity index (χ4n) is 3.20. The van der Waals surface area contributed by atoms with Crippen molar-refractivity contribution in [1.82, 2.24) is 9.88 Å². The molecule has 0 bridgehead atoms. The molecule has 2 heterocycles. The maximum atomic E-state index is 5.94. The molecule has 100 valence electrons. The number of hydrogen-bond donors (Lipinski definition) is 1. The normalized spacial score (nSPS) is 24.1. The van der Waals surface area contributed by atoms with E-state index in [0.29, 0.717) is 12.0 Å². The largest absolute Gasteiger partial charge is 0.330 e. The molecule has 2 unspecified atom stereocenters. The number of hydrogen-bond acceptors (Lipinski definition) is 3. The van der Waals surface area contributed by atoms with Crippen molar-refractivity contribution in [2.75, 3.05) is 19.6 Å². The first-order valence-corrected chi connectivity index (χ1v) is 7.13. The number of para-hydroxylation sites is 1. The third kappa shape index (κ3) is 2.24. The van der Waals surface area contributed by atoms with E-state index < -0.39 is 0 Å². The highest BCUT2D eigenvalue weighted by atomic mass is 15.2. The Morgan fingerprint density at radius 1 is 1.26 bits per heavy atom. The summed E-state index contributed by atoms with van der Waals surface area (Å²) in [6.45, 7) is 5.16. The van der Waals surface area contributed by atoms with Crippen LogP contribution in [0.5, 0.6) is 0 Å². The van der Waals surface area contributed by atoms with Crippen molar-refractivity contribution in [2.24, 2.45) is 11.7 Å². The number of rotatable bonds is 3. The Hall–Kier alpha value is -1.45. The van der Waals surface area contributed by atoms with Crippen LogP contribution in [0.1, 0.15) is 25.1 Å². The minimum absolute atomic E-state index is 0.389. The molecular formula is C16H21N3. The van der Waals surface area contributed by atoms with Gasteiger partial charge in [-0.25, -0.2) is 0 Å². The molecule has 1 aromatic carbocycles. The van der Waals surface area contributed by atoms with Crippen molar-refractivity contribution in [3.8, 4) is 0 Å². The van der Waals surface area contributed by atoms with Gasteiger partial charge in [-0.05, 0) is 44.1 Å². The summed E-state index contributed by atoms with van der Waals surface area (Å²) in [5.41, 5.74) is 8.19. The zero-order valence-electron chi connectivity index (χ0n) is 11.4. The van der Waals surface area contributed by atoms with Crippen LogP contribution in [0.2, 0.25) is 0 Å². The van der Waals surface area contributed by atoms with Crippen LogP contribution in [0, 0.1) is 5.92 Å². The molecule has 0 aliphatic carbocycles. The SMILES string of the molecule is CCN1CCC(CN)C1c1ccc2ccccc2n1. The summed E-state index contributed by atoms with van der Waals surface area (Å²) < 4.78 is 0. The summed E-state index contributed by atoms with van der Waals surface area (Å²) in [6.07, 6.45) is 1.18. The third-order valence-electron chi connectivity index (χ3n) is 4.26. The van der Waals surface area contributed by atoms with Gasteiger partial charge in [0.05, 0.1) is 17.3 Å². The zero-order valence-corrected chi connectivity index (χ0v) is 11.4. The van der Waals surface area contributed by atoms with Crippen molar-refractivity contribution >= 4 is 10.9 Å². The monoisotopic (exact) mass is 255 g/mol. The molecule has 1 aromatic heterocycles. The van der Waals surface area contributed by atoms with Crippen LogP contribution in [-0.4, -0.2) is 29.5 Å². The molecule has 2 aromatic rings. The van der Waals surface area contributed by atoms with Crippen LogP contribution in [0.4, 0.5) is 0 Å². The average molecular weight is 255 g/mol. The van der Waals surface area contributed by atoms with E-state index in [9.17, 15) is 0 Å². The van der Waals surface area contributed by atoms with E-state index in [-0.39, 0.29) is 0 Å². The number of fused-ring (bicyclic) bond motifs is 1. The molecule has 1 saturated heterocycles. The number of benzene rings is 1. The van der Waals surface area contributed by atoms with Gasteiger partial charge in [-0.2, -0.15) is 0 Å². The first-order chi connectivity index (χ1) is 9.33. The lowest BCUT2D eigenvalue weighted by Crippen LogP contribution is -2.28. The van der Waals surface area contributed by atoms with E-state index >= 15 is 0 Å². The highest BCUT2D eigenvalue weighted by molar-refractivity contribution is 5.78. The van der Waals surface area contributed by atoms with E-state index in [0.717, 1.165) is 25.2 Å². The molecule has 3 nitrogen and oxygen atoms in total. The van der Waals surface area contributed by atoms with Crippen LogP contribution >= 0.6 is 0 Å². The predicted molar refractivity (Wildman–Crippen MR) is 78.9 cm³/mol. The van der Waals surface area contributed by atoms with Gasteiger partial charge in [-0.1, -0.05) is 31.2 Å². The van der Waals surface area contributed by atoms with Gasteiger partial charge in [0.1, 0.15) is 0 Å². The van der Waals surface area contributed by atoms with Crippen molar-refractivity contribution in [3.63, 3.8) is 0 Å². The molecule has 3 rings (SSSR count). The third-order valence-corrected chi connectivity index (χ3v) is 4.26. The number of aromatic nitrogens is 1. The summed E-state index contributed by atoms with van der Waals surface area (Å²) in [5.74, 6) is 0.536. The lowest BCUT2D eigenvalue weighted by molar-refractivity contribution is 0.237. The summed E-state index contributed by atoms with van der Waals surface area (Å²) in [5, 5.41) is 1.21. The van der Waals surface area contributed by atoms with Gasteiger partial charge in [-0.3, -0.25) is 9.88 Å². The fraction of sp³-hybridized carbons (Fsp3) is 0.438. The van der Waals surface area contributed by atoms with Gasteiger partial charge < -0.3 is 5.73 Å². The highest BCUT2D eigenvalue weighted by Gasteiger charge is 2.34. The van der Waals surface area contributed by atoms with Crippen LogP contribution in [0.3, 0.4) is 0 Å². The number of nitrogens with two attached hydrogens (primary N) is 1. The van der Waals surface area contributed by atoms with Gasteiger partial charge in [0, 0.05) is 5.39 Å². The van der Waals surface area contributed by atoms with Crippen LogP contribution in [0.25, 0.3) is 10.9 Å². The quantitative estimate of drug-likeness (QED) is 0.916. The van der Waals surface area contributed by atoms with Gasteiger partial charge in [-0.15, -0.1) is 0 Å². The van der Waals surface area contributed by atoms with E-state index in [4.69, 9.17) is 10.7 Å². The molecule has 0 spiro atoms. The lowest BCUT2D eigenvalue weighted by atomic mass is 9.97. The van der Waals surface area contributed by atoms with Crippen LogP contribution < -0.4 is 5.73 Å². The number of nitrogens with zero attached hydrogens (tertiary/aromatic N) is 2. The van der Waals surface area contributed by atoms with Crippen LogP contribution in [-0.2, 0) is 0 Å². The molecule has 1 aliphatic heterocycles. The smallest absolute Gasteiger partial charge is 0.0706 e. The minimum Gasteiger partial charge on any atom is -0.330 e. The number of likely N-dealkylation sites (tertiary alicyclic amines) is 1. The molecule has 0 saturated carbocycles. The Kier molecular flexibility index (Phi) is 3.49. The zero-order chi connectivity index (χ0) is 13.2. The molecule has 2 atom stereocenters. The van der Waals surface area contributed by atoms with Gasteiger partial charge >= 0.3 is 0 Å². The van der Waals surface area contributed by atoms with Crippen molar-refractivity contribution in [1.29, 1.82) is 0 Å². The van der Waals surface area contributed by atoms with E-state index in [1.54, 1.807) is 0 Å². The maximum Gasteiger partial charge on any atom is 0.0706 e. The molecule has 1 fully saturated rings. The second kappa shape index (κ2) is 5.27. The summed E-state index contributed by atoms with van der Waals surface area (Å²) in [7, 11) is 0. The summed E-state index contributed by atoms with van der Waals surface area (Å²) in [6, 6.07) is 13.0. The Balaban J connectivity index is 2.01. The van der Waals surface area contributed by atoms with Gasteiger partial charge in [0.25, 0.3) is 0 Å². The number of pyridine rings is 1. The Bertz CT molecular complexity index is 555. The fourth-order valence-corrected chi connectivity index (χ4v) is 3.20. The van der Waals surface area contributed by atoms with Crippen molar-refractivity contribution in [2.45, 2.75) is 19.4 Å².